The number of pyridine rings is 1. The first-order valence-electron chi connectivity index (χ1n) is 6.03. The number of aromatic nitrogens is 1. The molecule has 2 heterocycles. The summed E-state index contributed by atoms with van der Waals surface area (Å²) < 4.78 is 0. The molecule has 2 amide bonds. The maximum Gasteiger partial charge on any atom is 0.246 e. The second kappa shape index (κ2) is 5.27. The fourth-order valence-corrected chi connectivity index (χ4v) is 2.02. The van der Waals surface area contributed by atoms with Crippen molar-refractivity contribution in [2.75, 3.05) is 7.05 Å². The van der Waals surface area contributed by atoms with Gasteiger partial charge >= 0.3 is 0 Å². The van der Waals surface area contributed by atoms with Crippen LogP contribution in [-0.4, -0.2) is 34.8 Å². The van der Waals surface area contributed by atoms with E-state index in [9.17, 15) is 9.59 Å². The number of hydrogen-bond donors (Lipinski definition) is 1. The SMILES string of the molecule is Cc1ccncc1CNC1CCC(=O)N(C)C1=O. The fraction of sp³-hybridized carbons (Fsp3) is 0.462. The first-order chi connectivity index (χ1) is 8.59. The molecule has 0 aromatic carbocycles. The van der Waals surface area contributed by atoms with Crippen LogP contribution in [0.4, 0.5) is 0 Å². The Hall–Kier alpha value is -1.75. The normalized spacial score (nSPS) is 20.3. The first kappa shape index (κ1) is 12.7. The Morgan fingerprint density at radius 2 is 2.28 bits per heavy atom. The summed E-state index contributed by atoms with van der Waals surface area (Å²) >= 11 is 0. The molecule has 5 heteroatoms. The topological polar surface area (TPSA) is 62.3 Å². The Kier molecular flexibility index (Phi) is 3.72. The van der Waals surface area contributed by atoms with E-state index in [1.54, 1.807) is 12.4 Å². The van der Waals surface area contributed by atoms with Crippen molar-refractivity contribution in [3.05, 3.63) is 29.6 Å². The molecular weight excluding hydrogens is 230 g/mol. The number of nitrogens with one attached hydrogen (secondary N) is 1. The predicted molar refractivity (Wildman–Crippen MR) is 66.6 cm³/mol. The van der Waals surface area contributed by atoms with E-state index in [4.69, 9.17) is 0 Å². The maximum absolute atomic E-state index is 11.9. The molecule has 1 atom stereocenters. The largest absolute Gasteiger partial charge is 0.302 e. The average Bonchev–Trinajstić information content (AvgIpc) is 2.37. The van der Waals surface area contributed by atoms with Gasteiger partial charge in [-0.15, -0.1) is 0 Å². The number of imide groups is 1. The monoisotopic (exact) mass is 247 g/mol. The van der Waals surface area contributed by atoms with Gasteiger partial charge in [0, 0.05) is 32.4 Å². The van der Waals surface area contributed by atoms with Gasteiger partial charge in [0.2, 0.25) is 11.8 Å². The molecule has 1 fully saturated rings. The number of likely N-dealkylation sites (N-methyl/N-ethyl adjacent to an activating group) is 1. The van der Waals surface area contributed by atoms with Crippen molar-refractivity contribution < 1.29 is 9.59 Å². The van der Waals surface area contributed by atoms with E-state index in [0.717, 1.165) is 11.1 Å². The number of likely N-dealkylation sites (tertiary alicyclic amines) is 1. The van der Waals surface area contributed by atoms with Gasteiger partial charge in [0.15, 0.2) is 0 Å². The maximum atomic E-state index is 11.9. The highest BCUT2D eigenvalue weighted by molar-refractivity contribution is 6.00. The summed E-state index contributed by atoms with van der Waals surface area (Å²) in [5, 5.41) is 3.20. The molecule has 0 saturated carbocycles. The summed E-state index contributed by atoms with van der Waals surface area (Å²) in [5.74, 6) is -0.247. The Bertz CT molecular complexity index is 473. The van der Waals surface area contributed by atoms with Crippen LogP contribution in [0.5, 0.6) is 0 Å². The molecule has 0 radical (unpaired) electrons. The molecule has 5 nitrogen and oxygen atoms in total. The lowest BCUT2D eigenvalue weighted by atomic mass is 10.0. The van der Waals surface area contributed by atoms with Gasteiger partial charge in [-0.2, -0.15) is 0 Å². The number of piperidine rings is 1. The number of aryl methyl sites for hydroxylation is 1. The van der Waals surface area contributed by atoms with Crippen molar-refractivity contribution in [1.82, 2.24) is 15.2 Å². The molecule has 1 aliphatic heterocycles. The zero-order valence-corrected chi connectivity index (χ0v) is 10.6. The van der Waals surface area contributed by atoms with Gasteiger partial charge in [0.05, 0.1) is 6.04 Å². The number of nitrogens with zero attached hydrogens (tertiary/aromatic N) is 2. The third-order valence-electron chi connectivity index (χ3n) is 3.34. The molecule has 0 spiro atoms. The van der Waals surface area contributed by atoms with Crippen LogP contribution >= 0.6 is 0 Å². The van der Waals surface area contributed by atoms with Crippen molar-refractivity contribution in [2.24, 2.45) is 0 Å². The van der Waals surface area contributed by atoms with Crippen LogP contribution in [0, 0.1) is 6.92 Å². The standard InChI is InChI=1S/C13H17N3O2/c1-9-5-6-14-7-10(9)8-15-11-3-4-12(17)16(2)13(11)18/h5-7,11,15H,3-4,8H2,1-2H3. The lowest BCUT2D eigenvalue weighted by Crippen LogP contribution is -2.51. The summed E-state index contributed by atoms with van der Waals surface area (Å²) in [5.41, 5.74) is 2.22. The minimum absolute atomic E-state index is 0.101. The molecule has 1 saturated heterocycles. The number of rotatable bonds is 3. The van der Waals surface area contributed by atoms with Crippen LogP contribution in [0.15, 0.2) is 18.5 Å². The van der Waals surface area contributed by atoms with Crippen LogP contribution in [0.1, 0.15) is 24.0 Å². The number of carbonyl (C=O) groups is 2. The van der Waals surface area contributed by atoms with Crippen LogP contribution < -0.4 is 5.32 Å². The van der Waals surface area contributed by atoms with Crippen LogP contribution in [0.2, 0.25) is 0 Å². The van der Waals surface area contributed by atoms with E-state index in [0.29, 0.717) is 19.4 Å². The summed E-state index contributed by atoms with van der Waals surface area (Å²) in [4.78, 5) is 28.5. The van der Waals surface area contributed by atoms with Crippen LogP contribution in [0.3, 0.4) is 0 Å². The molecule has 0 bridgehead atoms. The second-order valence-corrected chi connectivity index (χ2v) is 4.57. The summed E-state index contributed by atoms with van der Waals surface area (Å²) in [6.45, 7) is 2.61. The van der Waals surface area contributed by atoms with Crippen molar-refractivity contribution >= 4 is 11.8 Å². The summed E-state index contributed by atoms with van der Waals surface area (Å²) in [6.07, 6.45) is 4.54. The Morgan fingerprint density at radius 1 is 1.50 bits per heavy atom. The van der Waals surface area contributed by atoms with Crippen molar-refractivity contribution in [1.29, 1.82) is 0 Å². The average molecular weight is 247 g/mol. The molecule has 0 aliphatic carbocycles. The Labute approximate surface area is 106 Å². The molecular formula is C13H17N3O2. The third kappa shape index (κ3) is 2.56. The molecule has 1 aromatic heterocycles. The lowest BCUT2D eigenvalue weighted by molar-refractivity contribution is -0.148. The quantitative estimate of drug-likeness (QED) is 0.796. The highest BCUT2D eigenvalue weighted by atomic mass is 16.2. The highest BCUT2D eigenvalue weighted by Gasteiger charge is 2.31. The number of amides is 2. The van der Waals surface area contributed by atoms with E-state index in [1.807, 2.05) is 13.0 Å². The molecule has 96 valence electrons. The Balaban J connectivity index is 1.97. The smallest absolute Gasteiger partial charge is 0.246 e. The van der Waals surface area contributed by atoms with Gasteiger partial charge in [-0.3, -0.25) is 19.5 Å². The van der Waals surface area contributed by atoms with E-state index >= 15 is 0 Å². The van der Waals surface area contributed by atoms with Crippen molar-refractivity contribution in [3.8, 4) is 0 Å². The molecule has 1 aliphatic rings. The molecule has 1 unspecified atom stereocenters. The number of hydrogen-bond acceptors (Lipinski definition) is 4. The molecule has 1 N–H and O–H groups in total. The lowest BCUT2D eigenvalue weighted by Gasteiger charge is -2.28. The highest BCUT2D eigenvalue weighted by Crippen LogP contribution is 2.12. The molecule has 18 heavy (non-hydrogen) atoms. The van der Waals surface area contributed by atoms with Crippen LogP contribution in [0.25, 0.3) is 0 Å². The van der Waals surface area contributed by atoms with Gasteiger partial charge in [-0.25, -0.2) is 0 Å². The zero-order chi connectivity index (χ0) is 13.1. The van der Waals surface area contributed by atoms with Gasteiger partial charge < -0.3 is 5.32 Å². The predicted octanol–water partition coefficient (Wildman–Crippen LogP) is 0.627. The second-order valence-electron chi connectivity index (χ2n) is 4.57. The van der Waals surface area contributed by atoms with Gasteiger partial charge in [-0.1, -0.05) is 0 Å². The zero-order valence-electron chi connectivity index (χ0n) is 10.6. The Morgan fingerprint density at radius 3 is 3.00 bits per heavy atom. The summed E-state index contributed by atoms with van der Waals surface area (Å²) in [7, 11) is 1.54. The molecule has 1 aromatic rings. The van der Waals surface area contributed by atoms with Crippen LogP contribution in [-0.2, 0) is 16.1 Å². The van der Waals surface area contributed by atoms with Crippen molar-refractivity contribution in [2.45, 2.75) is 32.4 Å². The van der Waals surface area contributed by atoms with E-state index < -0.39 is 0 Å². The molecule has 2 rings (SSSR count). The minimum atomic E-state index is -0.271. The van der Waals surface area contributed by atoms with E-state index in [2.05, 4.69) is 10.3 Å². The van der Waals surface area contributed by atoms with Gasteiger partial charge in [-0.05, 0) is 30.5 Å². The van der Waals surface area contributed by atoms with Gasteiger partial charge in [0.25, 0.3) is 0 Å². The first-order valence-corrected chi connectivity index (χ1v) is 6.03. The number of carbonyl (C=O) groups excluding carboxylic acids is 2. The van der Waals surface area contributed by atoms with Gasteiger partial charge in [0.1, 0.15) is 0 Å². The van der Waals surface area contributed by atoms with Crippen molar-refractivity contribution in [3.63, 3.8) is 0 Å². The fourth-order valence-electron chi connectivity index (χ4n) is 2.02. The summed E-state index contributed by atoms with van der Waals surface area (Å²) in [6, 6.07) is 1.67. The minimum Gasteiger partial charge on any atom is -0.302 e. The van der Waals surface area contributed by atoms with E-state index in [1.165, 1.54) is 11.9 Å². The van der Waals surface area contributed by atoms with E-state index in [-0.39, 0.29) is 17.9 Å². The third-order valence-corrected chi connectivity index (χ3v) is 3.34.